The fourth-order valence-corrected chi connectivity index (χ4v) is 4.60. The molecule has 0 saturated carbocycles. The molecule has 1 aromatic rings. The van der Waals surface area contributed by atoms with E-state index in [0.717, 1.165) is 22.7 Å². The average molecular weight is 465 g/mol. The molecule has 4 nitrogen and oxygen atoms in total. The number of nitrogens with one attached hydrogen (secondary N) is 1. The van der Waals surface area contributed by atoms with Gasteiger partial charge >= 0.3 is 12.4 Å². The number of allylic oxidation sites excluding steroid dienone is 1. The van der Waals surface area contributed by atoms with E-state index in [-0.39, 0.29) is 28.8 Å². The van der Waals surface area contributed by atoms with Crippen LogP contribution in [0.3, 0.4) is 0 Å². The maximum atomic E-state index is 13.4. The highest BCUT2D eigenvalue weighted by atomic mass is 32.2. The number of carbonyl (C=O) groups excluding carboxylic acids is 1. The summed E-state index contributed by atoms with van der Waals surface area (Å²) in [5.41, 5.74) is -3.02. The number of thioether (sulfide) groups is 1. The first-order chi connectivity index (χ1) is 14.3. The number of rotatable bonds is 3. The lowest BCUT2D eigenvalue weighted by Gasteiger charge is -2.38. The second-order valence-electron chi connectivity index (χ2n) is 7.89. The highest BCUT2D eigenvalue weighted by Gasteiger charge is 2.39. The number of carbonyl (C=O) groups is 1. The van der Waals surface area contributed by atoms with E-state index in [1.165, 1.54) is 0 Å². The second-order valence-corrected chi connectivity index (χ2v) is 8.91. The molecule has 3 rings (SSSR count). The zero-order valence-electron chi connectivity index (χ0n) is 16.8. The van der Waals surface area contributed by atoms with Gasteiger partial charge in [-0.1, -0.05) is 19.1 Å². The number of piperidine rings is 1. The highest BCUT2D eigenvalue weighted by Crippen LogP contribution is 2.40. The maximum Gasteiger partial charge on any atom is 0.416 e. The van der Waals surface area contributed by atoms with Crippen LogP contribution in [0.5, 0.6) is 0 Å². The zero-order valence-corrected chi connectivity index (χ0v) is 17.6. The van der Waals surface area contributed by atoms with Gasteiger partial charge in [-0.2, -0.15) is 26.3 Å². The molecule has 1 N–H and O–H groups in total. The van der Waals surface area contributed by atoms with Crippen molar-refractivity contribution in [3.05, 3.63) is 45.9 Å². The predicted molar refractivity (Wildman–Crippen MR) is 107 cm³/mol. The molecule has 170 valence electrons. The summed E-state index contributed by atoms with van der Waals surface area (Å²) in [6.45, 7) is 2.87. The van der Waals surface area contributed by atoms with Crippen LogP contribution in [0, 0.1) is 5.41 Å². The summed E-state index contributed by atoms with van der Waals surface area (Å²) in [7, 11) is 1.57. The van der Waals surface area contributed by atoms with Crippen LogP contribution in [0.4, 0.5) is 31.1 Å². The summed E-state index contributed by atoms with van der Waals surface area (Å²) in [4.78, 5) is 18.2. The number of likely N-dealkylation sites (tertiary alicyclic amines) is 1. The Morgan fingerprint density at radius 3 is 2.35 bits per heavy atom. The van der Waals surface area contributed by atoms with E-state index in [1.807, 2.05) is 13.0 Å². The number of halogens is 6. The van der Waals surface area contributed by atoms with Gasteiger partial charge in [0, 0.05) is 13.6 Å². The van der Waals surface area contributed by atoms with Gasteiger partial charge in [-0.05, 0) is 60.8 Å². The lowest BCUT2D eigenvalue weighted by Crippen LogP contribution is -2.38. The molecule has 0 bridgehead atoms. The Kier molecular flexibility index (Phi) is 6.48. The van der Waals surface area contributed by atoms with Crippen molar-refractivity contribution in [1.29, 1.82) is 0 Å². The van der Waals surface area contributed by atoms with E-state index < -0.39 is 23.5 Å². The van der Waals surface area contributed by atoms with Crippen LogP contribution in [0.2, 0.25) is 0 Å². The molecule has 31 heavy (non-hydrogen) atoms. The van der Waals surface area contributed by atoms with E-state index in [0.29, 0.717) is 37.8 Å². The molecule has 2 aliphatic rings. The molecule has 2 saturated heterocycles. The molecule has 2 heterocycles. The topological polar surface area (TPSA) is 44.7 Å². The number of benzene rings is 1. The van der Waals surface area contributed by atoms with Gasteiger partial charge in [0.1, 0.15) is 5.84 Å². The number of hydrogen-bond donors (Lipinski definition) is 1. The van der Waals surface area contributed by atoms with E-state index in [2.05, 4.69) is 10.3 Å². The summed E-state index contributed by atoms with van der Waals surface area (Å²) in [6.07, 6.45) is -6.49. The van der Waals surface area contributed by atoms with Crippen molar-refractivity contribution >= 4 is 22.8 Å². The summed E-state index contributed by atoms with van der Waals surface area (Å²) in [5.74, 6) is 0.498. The molecule has 2 fully saturated rings. The van der Waals surface area contributed by atoms with Gasteiger partial charge in [0.15, 0.2) is 0 Å². The lowest BCUT2D eigenvalue weighted by atomic mass is 9.80. The molecule has 0 spiro atoms. The summed E-state index contributed by atoms with van der Waals surface area (Å²) >= 11 is 1.05. The number of amides is 1. The van der Waals surface area contributed by atoms with Crippen molar-refractivity contribution in [3.8, 4) is 0 Å². The molecule has 0 atom stereocenters. The van der Waals surface area contributed by atoms with Crippen molar-refractivity contribution in [1.82, 2.24) is 10.2 Å². The Labute approximate surface area is 179 Å². The molecule has 2 aliphatic heterocycles. The van der Waals surface area contributed by atoms with Crippen molar-refractivity contribution in [2.24, 2.45) is 10.4 Å². The normalized spacial score (nSPS) is 22.9. The quantitative estimate of drug-likeness (QED) is 0.583. The molecular formula is C20H21F6N3OS. The Bertz CT molecular complexity index is 914. The number of aliphatic imine (C=N–C) groups is 1. The summed E-state index contributed by atoms with van der Waals surface area (Å²) < 4.78 is 78.7. The van der Waals surface area contributed by atoms with Crippen LogP contribution < -0.4 is 5.32 Å². The molecule has 1 amide bonds. The van der Waals surface area contributed by atoms with Crippen LogP contribution >= 0.6 is 11.8 Å². The largest absolute Gasteiger partial charge is 0.416 e. The molecule has 0 aromatic heterocycles. The molecule has 0 aliphatic carbocycles. The summed E-state index contributed by atoms with van der Waals surface area (Å²) in [6, 6.07) is 1.79. The fraction of sp³-hybridized carbons (Fsp3) is 0.500. The molecular weight excluding hydrogens is 444 g/mol. The van der Waals surface area contributed by atoms with Gasteiger partial charge < -0.3 is 5.32 Å². The Hall–Kier alpha value is -2.01. The van der Waals surface area contributed by atoms with Gasteiger partial charge in [-0.15, -0.1) is 0 Å². The van der Waals surface area contributed by atoms with Crippen molar-refractivity contribution in [2.75, 3.05) is 20.1 Å². The van der Waals surface area contributed by atoms with Crippen LogP contribution in [0.1, 0.15) is 36.5 Å². The number of nitrogens with zero attached hydrogens (tertiary/aromatic N) is 2. The zero-order chi connectivity index (χ0) is 23.0. The number of amidine groups is 1. The first-order valence-electron chi connectivity index (χ1n) is 9.49. The molecule has 0 radical (unpaired) electrons. The minimum absolute atomic E-state index is 0.0872. The van der Waals surface area contributed by atoms with Gasteiger partial charge in [-0.25, -0.2) is 0 Å². The smallest absolute Gasteiger partial charge is 0.300 e. The van der Waals surface area contributed by atoms with Gasteiger partial charge in [0.05, 0.1) is 16.0 Å². The van der Waals surface area contributed by atoms with Crippen molar-refractivity contribution in [2.45, 2.75) is 38.7 Å². The molecule has 1 aromatic carbocycles. The molecule has 0 unspecified atom stereocenters. The summed E-state index contributed by atoms with van der Waals surface area (Å²) in [5, 5.41) is 2.43. The average Bonchev–Trinajstić information content (AvgIpc) is 3.01. The van der Waals surface area contributed by atoms with E-state index in [1.54, 1.807) is 11.9 Å². The van der Waals surface area contributed by atoms with Gasteiger partial charge in [0.2, 0.25) is 0 Å². The second kappa shape index (κ2) is 8.50. The minimum Gasteiger partial charge on any atom is -0.300 e. The minimum atomic E-state index is -4.87. The highest BCUT2D eigenvalue weighted by molar-refractivity contribution is 8.18. The first kappa shape index (κ1) is 23.6. The Balaban J connectivity index is 1.73. The third-order valence-corrected chi connectivity index (χ3v) is 6.31. The van der Waals surface area contributed by atoms with E-state index >= 15 is 0 Å². The first-order valence-corrected chi connectivity index (χ1v) is 10.3. The van der Waals surface area contributed by atoms with Crippen LogP contribution in [0.15, 0.2) is 34.2 Å². The number of alkyl halides is 6. The monoisotopic (exact) mass is 465 g/mol. The Morgan fingerprint density at radius 1 is 1.16 bits per heavy atom. The molecule has 11 heteroatoms. The van der Waals surface area contributed by atoms with Crippen LogP contribution in [0.25, 0.3) is 0 Å². The van der Waals surface area contributed by atoms with E-state index in [9.17, 15) is 31.1 Å². The Morgan fingerprint density at radius 2 is 1.81 bits per heavy atom. The number of hydrogen-bond acceptors (Lipinski definition) is 4. The van der Waals surface area contributed by atoms with Crippen molar-refractivity contribution in [3.63, 3.8) is 0 Å². The van der Waals surface area contributed by atoms with Gasteiger partial charge in [0.25, 0.3) is 5.24 Å². The van der Waals surface area contributed by atoms with Crippen LogP contribution in [-0.2, 0) is 18.9 Å². The van der Waals surface area contributed by atoms with E-state index in [4.69, 9.17) is 0 Å². The SMILES string of the molecule is CN=C1NC(=O)S/C1=C\C1(C)CCN(Cc2ccc(C(F)(F)F)cc2C(F)(F)F)CC1. The lowest BCUT2D eigenvalue weighted by molar-refractivity contribution is -0.143. The van der Waals surface area contributed by atoms with Crippen LogP contribution in [-0.4, -0.2) is 36.1 Å². The van der Waals surface area contributed by atoms with Gasteiger partial charge in [-0.3, -0.25) is 14.7 Å². The third kappa shape index (κ3) is 5.62. The maximum absolute atomic E-state index is 13.4. The van der Waals surface area contributed by atoms with Crippen molar-refractivity contribution < 1.29 is 31.1 Å². The third-order valence-electron chi connectivity index (χ3n) is 5.49. The fourth-order valence-electron chi connectivity index (χ4n) is 3.67. The predicted octanol–water partition coefficient (Wildman–Crippen LogP) is 5.69. The standard InChI is InChI=1S/C20H21F6N3OS/c1-18(10-15-16(27-2)28-17(30)31-15)5-7-29(8-6-18)11-12-3-4-13(19(21,22)23)9-14(12)20(24,25)26/h3-4,9-10H,5-8,11H2,1-2H3,(H,27,28,30)/b15-10-.